The molecule has 0 unspecified atom stereocenters. The predicted molar refractivity (Wildman–Crippen MR) is 94.6 cm³/mol. The van der Waals surface area contributed by atoms with Crippen molar-refractivity contribution in [1.82, 2.24) is 0 Å². The lowest BCUT2D eigenvalue weighted by atomic mass is 10.1. The Morgan fingerprint density at radius 3 is 1.37 bits per heavy atom. The van der Waals surface area contributed by atoms with Crippen LogP contribution in [0.3, 0.4) is 0 Å². The van der Waals surface area contributed by atoms with Crippen molar-refractivity contribution in [3.8, 4) is 0 Å². The lowest BCUT2D eigenvalue weighted by Gasteiger charge is -1.95. The molecule has 132 valence electrons. The Hall–Kier alpha value is -2.93. The summed E-state index contributed by atoms with van der Waals surface area (Å²) in [7, 11) is 0. The molecule has 0 aliphatic carbocycles. The van der Waals surface area contributed by atoms with Crippen molar-refractivity contribution < 1.29 is 39.6 Å². The van der Waals surface area contributed by atoms with E-state index in [1.54, 1.807) is 48.5 Å². The summed E-state index contributed by atoms with van der Waals surface area (Å²) in [5.74, 6) is 0.321. The van der Waals surface area contributed by atoms with Gasteiger partial charge in [0.25, 0.3) is 0 Å². The molecule has 27 heavy (non-hydrogen) atoms. The number of ketones is 2. The number of hydrogen-bond acceptors (Lipinski definition) is 4. The third-order valence-electron chi connectivity index (χ3n) is 3.85. The molecule has 0 atom stereocenters. The molecule has 4 aromatic rings. The highest BCUT2D eigenvalue weighted by molar-refractivity contribution is 6.07. The van der Waals surface area contributed by atoms with Crippen LogP contribution in [-0.4, -0.2) is 11.6 Å². The lowest BCUT2D eigenvalue weighted by molar-refractivity contribution is -0.636. The summed E-state index contributed by atoms with van der Waals surface area (Å²) in [6.07, 6.45) is 0. The molecule has 0 amide bonds. The Kier molecular flexibility index (Phi) is 5.02. The first kappa shape index (κ1) is 17.5. The fraction of sp³-hybridized carbons (Fsp3) is 0. The average molecular weight is 469 g/mol. The summed E-state index contributed by atoms with van der Waals surface area (Å²) in [6, 6.07) is 25.0. The number of halogens is 1. The lowest BCUT2D eigenvalue weighted by Crippen LogP contribution is -3.61. The summed E-state index contributed by atoms with van der Waals surface area (Å²) < 4.78 is 12.8. The van der Waals surface area contributed by atoms with Gasteiger partial charge >= 0.3 is 28.7 Å². The van der Waals surface area contributed by atoms with Crippen LogP contribution < -0.4 is 21.2 Å². The van der Waals surface area contributed by atoms with Crippen molar-refractivity contribution >= 4 is 11.6 Å². The molecule has 2 aromatic heterocycles. The first-order chi connectivity index (χ1) is 13.2. The minimum Gasteiger partial charge on any atom is -0.414 e. The van der Waals surface area contributed by atoms with Gasteiger partial charge in [0.2, 0.25) is 11.6 Å². The first-order valence-corrected chi connectivity index (χ1v) is 10.4. The predicted octanol–water partition coefficient (Wildman–Crippen LogP) is 1.46. The highest BCUT2D eigenvalue weighted by atomic mass is 127. The SMILES string of the molecule is O=C(c1ccccc1)c1ccc([I+]c2ccc(C(=O)c3ccccc3)o2)o1. The normalized spacial score (nSPS) is 10.7. The van der Waals surface area contributed by atoms with Crippen molar-refractivity contribution in [3.05, 3.63) is 115 Å². The van der Waals surface area contributed by atoms with E-state index in [0.717, 1.165) is 0 Å². The molecule has 4 nitrogen and oxygen atoms in total. The van der Waals surface area contributed by atoms with Crippen molar-refractivity contribution in [1.29, 1.82) is 0 Å². The van der Waals surface area contributed by atoms with E-state index in [4.69, 9.17) is 8.83 Å². The van der Waals surface area contributed by atoms with Crippen LogP contribution in [-0.2, 0) is 0 Å². The molecule has 0 radical (unpaired) electrons. The van der Waals surface area contributed by atoms with E-state index in [0.29, 0.717) is 30.2 Å². The maximum atomic E-state index is 12.4. The molecule has 4 rings (SSSR count). The Morgan fingerprint density at radius 2 is 0.963 bits per heavy atom. The summed E-state index contributed by atoms with van der Waals surface area (Å²) in [4.78, 5) is 24.8. The molecule has 0 aliphatic rings. The van der Waals surface area contributed by atoms with Gasteiger partial charge in [-0.15, -0.1) is 0 Å². The molecule has 2 heterocycles. The van der Waals surface area contributed by atoms with Gasteiger partial charge in [-0.2, -0.15) is 0 Å². The van der Waals surface area contributed by atoms with Crippen LogP contribution in [0.25, 0.3) is 0 Å². The molecule has 0 spiro atoms. The van der Waals surface area contributed by atoms with Crippen LogP contribution in [0.1, 0.15) is 32.2 Å². The molecule has 0 saturated carbocycles. The number of carbonyl (C=O) groups is 2. The van der Waals surface area contributed by atoms with Gasteiger partial charge in [-0.25, -0.2) is 0 Å². The van der Waals surface area contributed by atoms with Gasteiger partial charge < -0.3 is 8.83 Å². The minimum absolute atomic E-state index is 0.148. The molecule has 5 heteroatoms. The molecule has 0 saturated heterocycles. The van der Waals surface area contributed by atoms with Crippen molar-refractivity contribution in [2.45, 2.75) is 0 Å². The number of benzene rings is 2. The first-order valence-electron chi connectivity index (χ1n) is 8.25. The van der Waals surface area contributed by atoms with Gasteiger partial charge in [0.05, 0.1) is 0 Å². The third-order valence-corrected chi connectivity index (χ3v) is 6.07. The van der Waals surface area contributed by atoms with E-state index in [-0.39, 0.29) is 11.6 Å². The fourth-order valence-electron chi connectivity index (χ4n) is 2.53. The van der Waals surface area contributed by atoms with E-state index >= 15 is 0 Å². The number of hydrogen-bond donors (Lipinski definition) is 0. The molecular formula is C22H14IO4+. The maximum Gasteiger partial charge on any atom is 0.443 e. The van der Waals surface area contributed by atoms with E-state index in [2.05, 4.69) is 0 Å². The Bertz CT molecular complexity index is 990. The van der Waals surface area contributed by atoms with Crippen LogP contribution in [0.2, 0.25) is 0 Å². The van der Waals surface area contributed by atoms with Gasteiger partial charge in [0.1, 0.15) is 0 Å². The van der Waals surface area contributed by atoms with Crippen LogP contribution in [0.15, 0.2) is 93.8 Å². The van der Waals surface area contributed by atoms with Crippen molar-refractivity contribution in [3.63, 3.8) is 0 Å². The topological polar surface area (TPSA) is 60.4 Å². The van der Waals surface area contributed by atoms with Crippen molar-refractivity contribution in [2.75, 3.05) is 0 Å². The summed E-state index contributed by atoms with van der Waals surface area (Å²) in [6.45, 7) is 0. The largest absolute Gasteiger partial charge is 0.443 e. The third kappa shape index (κ3) is 3.93. The smallest absolute Gasteiger partial charge is 0.414 e. The molecule has 0 aliphatic heterocycles. The number of carbonyl (C=O) groups excluding carboxylic acids is 2. The number of rotatable bonds is 6. The molecular weight excluding hydrogens is 455 g/mol. The summed E-state index contributed by atoms with van der Waals surface area (Å²) >= 11 is -0.759. The second kappa shape index (κ2) is 7.75. The van der Waals surface area contributed by atoms with E-state index in [1.807, 2.05) is 36.4 Å². The van der Waals surface area contributed by atoms with Crippen LogP contribution in [0.5, 0.6) is 0 Å². The van der Waals surface area contributed by atoms with Gasteiger partial charge in [-0.3, -0.25) is 9.59 Å². The molecule has 2 aromatic carbocycles. The molecule has 0 N–H and O–H groups in total. The van der Waals surface area contributed by atoms with E-state index in [9.17, 15) is 9.59 Å². The molecule has 0 bridgehead atoms. The zero-order valence-corrected chi connectivity index (χ0v) is 16.3. The summed E-state index contributed by atoms with van der Waals surface area (Å²) in [5.41, 5.74) is 1.18. The second-order valence-corrected chi connectivity index (χ2v) is 8.36. The zero-order valence-electron chi connectivity index (χ0n) is 14.1. The zero-order chi connectivity index (χ0) is 18.6. The van der Waals surface area contributed by atoms with Crippen LogP contribution in [0.4, 0.5) is 0 Å². The Labute approximate surface area is 166 Å². The maximum absolute atomic E-state index is 12.4. The van der Waals surface area contributed by atoms with Crippen LogP contribution in [0, 0.1) is 7.53 Å². The van der Waals surface area contributed by atoms with E-state index < -0.39 is 21.2 Å². The fourth-order valence-corrected chi connectivity index (χ4v) is 4.47. The monoisotopic (exact) mass is 469 g/mol. The Morgan fingerprint density at radius 1 is 0.556 bits per heavy atom. The number of furan rings is 2. The van der Waals surface area contributed by atoms with Gasteiger partial charge in [-0.05, 0) is 12.1 Å². The minimum atomic E-state index is -0.759. The van der Waals surface area contributed by atoms with E-state index in [1.165, 1.54) is 0 Å². The molecule has 0 fully saturated rings. The van der Waals surface area contributed by atoms with Gasteiger partial charge in [0, 0.05) is 23.3 Å². The quantitative estimate of drug-likeness (QED) is 0.317. The van der Waals surface area contributed by atoms with Crippen molar-refractivity contribution in [2.24, 2.45) is 0 Å². The highest BCUT2D eigenvalue weighted by Crippen LogP contribution is 2.11. The summed E-state index contributed by atoms with van der Waals surface area (Å²) in [5, 5.41) is 0. The van der Waals surface area contributed by atoms with Gasteiger partial charge in [-0.1, -0.05) is 60.7 Å². The Balaban J connectivity index is 1.48. The standard InChI is InChI=1S/C22H14IO4/c24-21(15-7-3-1-4-8-15)17-11-13-19(26-17)23-20-14-12-18(27-20)22(25)16-9-5-2-6-10-16/h1-14H/q+1. The van der Waals surface area contributed by atoms with Gasteiger partial charge in [0.15, 0.2) is 11.5 Å². The van der Waals surface area contributed by atoms with Crippen LogP contribution >= 0.6 is 0 Å². The average Bonchev–Trinajstić information content (AvgIpc) is 3.38. The highest BCUT2D eigenvalue weighted by Gasteiger charge is 2.27. The second-order valence-electron chi connectivity index (χ2n) is 5.69.